The van der Waals surface area contributed by atoms with Crippen LogP contribution in [0.15, 0.2) is 0 Å². The van der Waals surface area contributed by atoms with E-state index < -0.39 is 97.5 Å². The zero-order valence-electron chi connectivity index (χ0n) is 65.0. The van der Waals surface area contributed by atoms with Gasteiger partial charge in [0.25, 0.3) is 0 Å². The number of esters is 4. The minimum absolute atomic E-state index is 0.105. The summed E-state index contributed by atoms with van der Waals surface area (Å²) in [4.78, 5) is 73.0. The number of hydrogen-bond acceptors (Lipinski definition) is 15. The van der Waals surface area contributed by atoms with E-state index in [9.17, 15) is 43.2 Å². The predicted octanol–water partition coefficient (Wildman–Crippen LogP) is 23.7. The summed E-state index contributed by atoms with van der Waals surface area (Å²) in [6.07, 6.45) is 58.2. The number of aliphatic hydroxyl groups excluding tert-OH is 1. The van der Waals surface area contributed by atoms with Gasteiger partial charge >= 0.3 is 39.5 Å². The van der Waals surface area contributed by atoms with Crippen molar-refractivity contribution in [1.29, 1.82) is 0 Å². The van der Waals surface area contributed by atoms with Crippen molar-refractivity contribution in [2.24, 2.45) is 17.8 Å². The van der Waals surface area contributed by atoms with E-state index in [4.69, 9.17) is 37.0 Å². The summed E-state index contributed by atoms with van der Waals surface area (Å²) in [5.41, 5.74) is 0. The van der Waals surface area contributed by atoms with Gasteiger partial charge in [-0.3, -0.25) is 37.3 Å². The monoisotopic (exact) mass is 1450 g/mol. The molecule has 0 aromatic rings. The Hall–Kier alpha value is -1.94. The van der Waals surface area contributed by atoms with Crippen molar-refractivity contribution < 1.29 is 80.2 Å². The quantitative estimate of drug-likeness (QED) is 0.0222. The van der Waals surface area contributed by atoms with Crippen LogP contribution in [0.25, 0.3) is 0 Å². The number of carbonyl (C=O) groups is 4. The summed E-state index contributed by atoms with van der Waals surface area (Å²) in [5.74, 6) is 0.223. The van der Waals surface area contributed by atoms with Gasteiger partial charge in [-0.1, -0.05) is 363 Å². The third-order valence-electron chi connectivity index (χ3n) is 19.4. The number of phosphoric acid groups is 2. The minimum atomic E-state index is -4.96. The number of carbonyl (C=O) groups excluding carboxylic acids is 4. The van der Waals surface area contributed by atoms with Crippen LogP contribution in [0.1, 0.15) is 414 Å². The predicted molar refractivity (Wildman–Crippen MR) is 405 cm³/mol. The first-order valence-corrected chi connectivity index (χ1v) is 44.4. The second kappa shape index (κ2) is 70.4. The van der Waals surface area contributed by atoms with Crippen molar-refractivity contribution in [2.75, 3.05) is 39.6 Å². The molecule has 7 atom stereocenters. The molecule has 588 valence electrons. The number of aliphatic hydroxyl groups is 1. The van der Waals surface area contributed by atoms with Crippen molar-refractivity contribution in [3.05, 3.63) is 0 Å². The summed E-state index contributed by atoms with van der Waals surface area (Å²) in [6, 6.07) is 0. The van der Waals surface area contributed by atoms with Crippen molar-refractivity contribution in [2.45, 2.75) is 433 Å². The Kier molecular flexibility index (Phi) is 69.0. The highest BCUT2D eigenvalue weighted by Gasteiger charge is 2.30. The van der Waals surface area contributed by atoms with E-state index >= 15 is 0 Å². The molecule has 0 saturated carbocycles. The molecule has 17 nitrogen and oxygen atoms in total. The van der Waals surface area contributed by atoms with Crippen LogP contribution >= 0.6 is 15.6 Å². The Morgan fingerprint density at radius 1 is 0.293 bits per heavy atom. The fraction of sp³-hybridized carbons (Fsp3) is 0.950. The van der Waals surface area contributed by atoms with Gasteiger partial charge in [0.15, 0.2) is 12.2 Å². The normalized spacial score (nSPS) is 14.5. The van der Waals surface area contributed by atoms with Crippen LogP contribution in [0.5, 0.6) is 0 Å². The number of rotatable bonds is 78. The van der Waals surface area contributed by atoms with Gasteiger partial charge in [-0.25, -0.2) is 9.13 Å². The van der Waals surface area contributed by atoms with Gasteiger partial charge in [-0.05, 0) is 43.4 Å². The molecule has 0 heterocycles. The molecule has 19 heteroatoms. The Morgan fingerprint density at radius 2 is 0.515 bits per heavy atom. The summed E-state index contributed by atoms with van der Waals surface area (Å²) in [5, 5.41) is 10.6. The molecular formula is C80H156O17P2. The average Bonchev–Trinajstić information content (AvgIpc) is 3.73. The van der Waals surface area contributed by atoms with E-state index in [0.29, 0.717) is 25.7 Å². The Morgan fingerprint density at radius 3 is 0.768 bits per heavy atom. The molecule has 4 unspecified atom stereocenters. The first-order chi connectivity index (χ1) is 47.8. The summed E-state index contributed by atoms with van der Waals surface area (Å²) < 4.78 is 68.7. The fourth-order valence-electron chi connectivity index (χ4n) is 12.2. The first-order valence-electron chi connectivity index (χ1n) is 41.4. The number of hydrogen-bond donors (Lipinski definition) is 3. The Bertz CT molecular complexity index is 1930. The van der Waals surface area contributed by atoms with E-state index in [2.05, 4.69) is 48.5 Å². The van der Waals surface area contributed by atoms with Gasteiger partial charge < -0.3 is 33.8 Å². The lowest BCUT2D eigenvalue weighted by molar-refractivity contribution is -0.161. The fourth-order valence-corrected chi connectivity index (χ4v) is 13.8. The van der Waals surface area contributed by atoms with E-state index in [1.807, 2.05) is 0 Å². The largest absolute Gasteiger partial charge is 0.472 e. The summed E-state index contributed by atoms with van der Waals surface area (Å²) in [6.45, 7) is 11.9. The molecule has 0 aromatic heterocycles. The Balaban J connectivity index is 5.25. The number of phosphoric ester groups is 2. The molecular weight excluding hydrogens is 1290 g/mol. The number of unbranched alkanes of at least 4 members (excludes halogenated alkanes) is 44. The standard InChI is InChI=1S/C80H156O17P2/c1-8-11-12-13-14-15-16-17-18-19-22-25-28-34-39-47-54-61-77(82)90-67-75(96-79(84)63-56-49-40-35-29-26-23-20-21-24-27-32-37-44-51-58-71(4)5)69-94-98(86,87)92-65-74(81)66-93-99(88,89)95-70-76(68-91-78(83)62-55-48-43-42-46-53-60-73(7)10-3)97-80(85)64-57-50-41-36-31-30-33-38-45-52-59-72(6)9-2/h71-76,81H,8-70H2,1-7H3,(H,86,87)(H,88,89)/t72?,73?,74-,75-,76-/m1/s1. The maximum Gasteiger partial charge on any atom is 0.472 e. The second-order valence-corrected chi connectivity index (χ2v) is 32.7. The van der Waals surface area contributed by atoms with Gasteiger partial charge in [0.2, 0.25) is 0 Å². The van der Waals surface area contributed by atoms with Crippen molar-refractivity contribution in [3.8, 4) is 0 Å². The highest BCUT2D eigenvalue weighted by atomic mass is 31.2. The molecule has 0 radical (unpaired) electrons. The zero-order chi connectivity index (χ0) is 73.0. The molecule has 0 aromatic carbocycles. The Labute approximate surface area is 607 Å². The van der Waals surface area contributed by atoms with Crippen molar-refractivity contribution in [3.63, 3.8) is 0 Å². The van der Waals surface area contributed by atoms with E-state index in [-0.39, 0.29) is 25.7 Å². The van der Waals surface area contributed by atoms with Crippen LogP contribution in [-0.2, 0) is 65.4 Å². The maximum atomic E-state index is 13.1. The molecule has 0 saturated heterocycles. The van der Waals surface area contributed by atoms with Crippen molar-refractivity contribution >= 4 is 39.5 Å². The second-order valence-electron chi connectivity index (χ2n) is 29.8. The van der Waals surface area contributed by atoms with Crippen LogP contribution in [0, 0.1) is 17.8 Å². The summed E-state index contributed by atoms with van der Waals surface area (Å²) in [7, 11) is -9.92. The van der Waals surface area contributed by atoms with Crippen LogP contribution in [0.4, 0.5) is 0 Å². The van der Waals surface area contributed by atoms with Gasteiger partial charge in [0.1, 0.15) is 19.3 Å². The molecule has 0 spiro atoms. The molecule has 0 aliphatic heterocycles. The lowest BCUT2D eigenvalue weighted by Gasteiger charge is -2.21. The molecule has 0 rings (SSSR count). The van der Waals surface area contributed by atoms with E-state index in [0.717, 1.165) is 114 Å². The zero-order valence-corrected chi connectivity index (χ0v) is 66.8. The third kappa shape index (κ3) is 71.5. The van der Waals surface area contributed by atoms with Crippen molar-refractivity contribution in [1.82, 2.24) is 0 Å². The molecule has 99 heavy (non-hydrogen) atoms. The van der Waals surface area contributed by atoms with Gasteiger partial charge in [-0.2, -0.15) is 0 Å². The third-order valence-corrected chi connectivity index (χ3v) is 21.3. The maximum absolute atomic E-state index is 13.1. The summed E-state index contributed by atoms with van der Waals surface area (Å²) >= 11 is 0. The topological polar surface area (TPSA) is 237 Å². The molecule has 3 N–H and O–H groups in total. The molecule has 0 aliphatic rings. The van der Waals surface area contributed by atoms with Crippen LogP contribution in [0.2, 0.25) is 0 Å². The molecule has 0 fully saturated rings. The smallest absolute Gasteiger partial charge is 0.462 e. The minimum Gasteiger partial charge on any atom is -0.462 e. The van der Waals surface area contributed by atoms with Gasteiger partial charge in [-0.15, -0.1) is 0 Å². The number of ether oxygens (including phenoxy) is 4. The average molecular weight is 1450 g/mol. The molecule has 0 aliphatic carbocycles. The van der Waals surface area contributed by atoms with Crippen LogP contribution < -0.4 is 0 Å². The highest BCUT2D eigenvalue weighted by Crippen LogP contribution is 2.45. The highest BCUT2D eigenvalue weighted by molar-refractivity contribution is 7.47. The van der Waals surface area contributed by atoms with Crippen LogP contribution in [-0.4, -0.2) is 96.7 Å². The van der Waals surface area contributed by atoms with Crippen LogP contribution in [0.3, 0.4) is 0 Å². The lowest BCUT2D eigenvalue weighted by Crippen LogP contribution is -2.30. The SMILES string of the molecule is CCCCCCCCCCCCCCCCCCCC(=O)OC[C@H](COP(=O)(O)OC[C@@H](O)COP(=O)(O)OC[C@@H](COC(=O)CCCCCCCCC(C)CC)OC(=O)CCCCCCCCCCCCC(C)CC)OC(=O)CCCCCCCCCCCCCCCCCC(C)C. The van der Waals surface area contributed by atoms with Gasteiger partial charge in [0.05, 0.1) is 26.4 Å². The molecule has 0 bridgehead atoms. The van der Waals surface area contributed by atoms with Gasteiger partial charge in [0, 0.05) is 25.7 Å². The lowest BCUT2D eigenvalue weighted by atomic mass is 9.99. The van der Waals surface area contributed by atoms with E-state index in [1.54, 1.807) is 0 Å². The van der Waals surface area contributed by atoms with E-state index in [1.165, 1.54) is 218 Å². The molecule has 0 amide bonds. The first kappa shape index (κ1) is 97.1.